The molecule has 0 saturated heterocycles. The lowest BCUT2D eigenvalue weighted by molar-refractivity contribution is -0.213. The minimum Gasteiger partial charge on any atom is -0.349 e. The van der Waals surface area contributed by atoms with Crippen LogP contribution in [-0.2, 0) is 21.7 Å². The van der Waals surface area contributed by atoms with Crippen LogP contribution in [0.5, 0.6) is 0 Å². The van der Waals surface area contributed by atoms with Crippen LogP contribution in [0.2, 0.25) is 10.0 Å². The largest absolute Gasteiger partial charge is 0.396 e. The van der Waals surface area contributed by atoms with Gasteiger partial charge in [-0.3, -0.25) is 4.79 Å². The van der Waals surface area contributed by atoms with Crippen molar-refractivity contribution in [2.45, 2.75) is 37.1 Å². The Morgan fingerprint density at radius 1 is 1.10 bits per heavy atom. The maximum Gasteiger partial charge on any atom is 0.396 e. The molecule has 0 unspecified atom stereocenters. The van der Waals surface area contributed by atoms with Crippen LogP contribution >= 0.6 is 23.2 Å². The van der Waals surface area contributed by atoms with Crippen LogP contribution in [0.25, 0.3) is 0 Å². The molecule has 2 aromatic carbocycles. The molecule has 1 aliphatic rings. The summed E-state index contributed by atoms with van der Waals surface area (Å²) in [5, 5.41) is 0.171. The van der Waals surface area contributed by atoms with Gasteiger partial charge in [-0.25, -0.2) is 0 Å². The average Bonchev–Trinajstić information content (AvgIpc) is 3.02. The highest BCUT2D eigenvalue weighted by Gasteiger charge is 2.43. The van der Waals surface area contributed by atoms with E-state index in [9.17, 15) is 18.0 Å². The van der Waals surface area contributed by atoms with Crippen molar-refractivity contribution in [1.82, 2.24) is 0 Å². The number of rotatable bonds is 6. The van der Waals surface area contributed by atoms with Gasteiger partial charge in [0.2, 0.25) is 0 Å². The molecule has 0 aliphatic heterocycles. The van der Waals surface area contributed by atoms with Crippen molar-refractivity contribution in [2.24, 2.45) is 0 Å². The molecule has 0 spiro atoms. The molecule has 3 nitrogen and oxygen atoms in total. The summed E-state index contributed by atoms with van der Waals surface area (Å²) in [6, 6.07) is 8.54. The molecule has 0 aromatic heterocycles. The fourth-order valence-electron chi connectivity index (χ4n) is 3.79. The van der Waals surface area contributed by atoms with E-state index >= 15 is 0 Å². The Kier molecular flexibility index (Phi) is 6.30. The molecule has 0 bridgehead atoms. The van der Waals surface area contributed by atoms with E-state index in [1.807, 2.05) is 0 Å². The number of hydrogen-bond acceptors (Lipinski definition) is 3. The number of halogens is 5. The Morgan fingerprint density at radius 3 is 2.28 bits per heavy atom. The Bertz CT molecular complexity index is 904. The summed E-state index contributed by atoms with van der Waals surface area (Å²) in [7, 11) is 3.06. The lowest BCUT2D eigenvalue weighted by Crippen LogP contribution is -2.27. The molecule has 29 heavy (non-hydrogen) atoms. The number of fused-ring (bicyclic) bond motifs is 1. The van der Waals surface area contributed by atoms with E-state index in [1.54, 1.807) is 12.1 Å². The lowest BCUT2D eigenvalue weighted by atomic mass is 9.90. The number of carbonyl (C=O) groups excluding carboxylic acids is 1. The van der Waals surface area contributed by atoms with E-state index in [-0.39, 0.29) is 21.2 Å². The maximum absolute atomic E-state index is 13.7. The number of hydrogen-bond donors (Lipinski definition) is 0. The predicted molar refractivity (Wildman–Crippen MR) is 105 cm³/mol. The predicted octanol–water partition coefficient (Wildman–Crippen LogP) is 6.30. The molecular weight excluding hydrogens is 428 g/mol. The normalized spacial score (nSPS) is 16.5. The van der Waals surface area contributed by atoms with Crippen LogP contribution in [0.4, 0.5) is 13.2 Å². The molecule has 0 N–H and O–H groups in total. The first-order valence-corrected chi connectivity index (χ1v) is 9.65. The molecule has 0 fully saturated rings. The quantitative estimate of drug-likeness (QED) is 0.385. The molecule has 1 aliphatic carbocycles. The van der Waals surface area contributed by atoms with Gasteiger partial charge in [0.05, 0.1) is 5.92 Å². The molecular formula is C21H19Cl2F3O3. The second-order valence-corrected chi connectivity index (χ2v) is 7.83. The zero-order valence-corrected chi connectivity index (χ0v) is 17.3. The van der Waals surface area contributed by atoms with Gasteiger partial charge in [0.25, 0.3) is 0 Å². The molecule has 0 amide bonds. The fourth-order valence-corrected chi connectivity index (χ4v) is 4.33. The second kappa shape index (κ2) is 8.26. The van der Waals surface area contributed by atoms with Gasteiger partial charge in [-0.1, -0.05) is 35.3 Å². The van der Waals surface area contributed by atoms with E-state index in [0.29, 0.717) is 12.8 Å². The molecule has 156 valence electrons. The Hall–Kier alpha value is -1.60. The first-order chi connectivity index (χ1) is 13.6. The third-order valence-corrected chi connectivity index (χ3v) is 5.73. The van der Waals surface area contributed by atoms with Crippen molar-refractivity contribution in [3.8, 4) is 0 Å². The smallest absolute Gasteiger partial charge is 0.349 e. The van der Waals surface area contributed by atoms with Crippen LogP contribution in [0.3, 0.4) is 0 Å². The van der Waals surface area contributed by atoms with Crippen LogP contribution in [-0.4, -0.2) is 26.2 Å². The standard InChI is InChI=1S/C21H19Cl2F3O3/c1-28-20(29-2)6-5-12-7-13(3-4-17(12)20)19(27)11-18(21(24,25)26)14-8-15(22)10-16(23)9-14/h3-4,7-10,18H,5-6,11H2,1-2H3/t18-/m0/s1. The van der Waals surface area contributed by atoms with Crippen LogP contribution in [0.1, 0.15) is 45.8 Å². The van der Waals surface area contributed by atoms with E-state index in [2.05, 4.69) is 0 Å². The highest BCUT2D eigenvalue weighted by Crippen LogP contribution is 2.42. The third kappa shape index (κ3) is 4.45. The van der Waals surface area contributed by atoms with Gasteiger partial charge < -0.3 is 9.47 Å². The number of aryl methyl sites for hydroxylation is 1. The number of ether oxygens (including phenoxy) is 2. The summed E-state index contributed by atoms with van der Waals surface area (Å²) < 4.78 is 52.0. The number of benzene rings is 2. The van der Waals surface area contributed by atoms with Crippen molar-refractivity contribution in [3.05, 3.63) is 68.7 Å². The molecule has 0 radical (unpaired) electrons. The minimum atomic E-state index is -4.62. The first kappa shape index (κ1) is 22.1. The zero-order valence-electron chi connectivity index (χ0n) is 15.8. The molecule has 3 rings (SSSR count). The summed E-state index contributed by atoms with van der Waals surface area (Å²) in [5.74, 6) is -3.50. The number of alkyl halides is 3. The van der Waals surface area contributed by atoms with Crippen LogP contribution in [0, 0.1) is 0 Å². The SMILES string of the molecule is COC1(OC)CCc2cc(C(=O)C[C@@H](c3cc(Cl)cc(Cl)c3)C(F)(F)F)ccc21. The van der Waals surface area contributed by atoms with Gasteiger partial charge in [-0.05, 0) is 41.8 Å². The topological polar surface area (TPSA) is 35.5 Å². The van der Waals surface area contributed by atoms with Gasteiger partial charge >= 0.3 is 6.18 Å². The summed E-state index contributed by atoms with van der Waals surface area (Å²) in [6.07, 6.45) is -4.19. The van der Waals surface area contributed by atoms with Crippen molar-refractivity contribution < 1.29 is 27.4 Å². The monoisotopic (exact) mass is 446 g/mol. The van der Waals surface area contributed by atoms with E-state index in [1.165, 1.54) is 38.5 Å². The third-order valence-electron chi connectivity index (χ3n) is 5.29. The fraction of sp³-hybridized carbons (Fsp3) is 0.381. The summed E-state index contributed by atoms with van der Waals surface area (Å²) in [5.41, 5.74) is 1.69. The highest BCUT2D eigenvalue weighted by molar-refractivity contribution is 6.34. The molecule has 2 aromatic rings. The van der Waals surface area contributed by atoms with Gasteiger partial charge in [-0.2, -0.15) is 13.2 Å². The van der Waals surface area contributed by atoms with Gasteiger partial charge in [-0.15, -0.1) is 0 Å². The van der Waals surface area contributed by atoms with Crippen molar-refractivity contribution >= 4 is 29.0 Å². The molecule has 0 heterocycles. The number of methoxy groups -OCH3 is 2. The van der Waals surface area contributed by atoms with E-state index < -0.39 is 30.1 Å². The molecule has 1 atom stereocenters. The summed E-state index contributed by atoms with van der Waals surface area (Å²) in [6.45, 7) is 0. The second-order valence-electron chi connectivity index (χ2n) is 6.96. The van der Waals surface area contributed by atoms with Crippen LogP contribution < -0.4 is 0 Å². The zero-order chi connectivity index (χ0) is 21.4. The summed E-state index contributed by atoms with van der Waals surface area (Å²) >= 11 is 11.7. The van der Waals surface area contributed by atoms with Gasteiger partial charge in [0.15, 0.2) is 11.6 Å². The maximum atomic E-state index is 13.7. The Labute approximate surface area is 176 Å². The van der Waals surface area contributed by atoms with Crippen LogP contribution in [0.15, 0.2) is 36.4 Å². The Balaban J connectivity index is 1.90. The van der Waals surface area contributed by atoms with Gasteiger partial charge in [0.1, 0.15) is 0 Å². The number of carbonyl (C=O) groups is 1. The number of Topliss-reactive ketones (excluding diaryl/α,β-unsaturated/α-hetero) is 1. The minimum absolute atomic E-state index is 0.0854. The highest BCUT2D eigenvalue weighted by atomic mass is 35.5. The van der Waals surface area contributed by atoms with E-state index in [0.717, 1.165) is 11.1 Å². The molecule has 0 saturated carbocycles. The lowest BCUT2D eigenvalue weighted by Gasteiger charge is -2.27. The van der Waals surface area contributed by atoms with Crippen molar-refractivity contribution in [3.63, 3.8) is 0 Å². The first-order valence-electron chi connectivity index (χ1n) is 8.89. The number of ketones is 1. The van der Waals surface area contributed by atoms with E-state index in [4.69, 9.17) is 32.7 Å². The van der Waals surface area contributed by atoms with Crippen molar-refractivity contribution in [1.29, 1.82) is 0 Å². The Morgan fingerprint density at radius 2 is 1.72 bits per heavy atom. The van der Waals surface area contributed by atoms with Gasteiger partial charge in [0, 0.05) is 48.2 Å². The average molecular weight is 447 g/mol. The van der Waals surface area contributed by atoms with Crippen molar-refractivity contribution in [2.75, 3.05) is 14.2 Å². The summed E-state index contributed by atoms with van der Waals surface area (Å²) in [4.78, 5) is 12.7. The molecule has 8 heteroatoms.